The fourth-order valence-corrected chi connectivity index (χ4v) is 6.12. The van der Waals surface area contributed by atoms with Gasteiger partial charge in [0.05, 0.1) is 45.7 Å². The summed E-state index contributed by atoms with van der Waals surface area (Å²) in [4.78, 5) is 35.8. The van der Waals surface area contributed by atoms with Crippen molar-refractivity contribution in [2.45, 2.75) is 18.9 Å². The van der Waals surface area contributed by atoms with Crippen LogP contribution in [0.1, 0.15) is 34.2 Å². The molecule has 202 valence electrons. The van der Waals surface area contributed by atoms with E-state index in [4.69, 9.17) is 23.2 Å². The lowest BCUT2D eigenvalue weighted by molar-refractivity contribution is -0.0670. The predicted molar refractivity (Wildman–Crippen MR) is 149 cm³/mol. The van der Waals surface area contributed by atoms with E-state index in [1.165, 1.54) is 35.7 Å². The van der Waals surface area contributed by atoms with Gasteiger partial charge in [0.15, 0.2) is 0 Å². The normalized spacial score (nSPS) is 20.9. The molecule has 3 aromatic rings. The number of halogens is 3. The van der Waals surface area contributed by atoms with Gasteiger partial charge < -0.3 is 19.8 Å². The standard InChI is InChI=1S/C29H27Cl2FN4O3/c1-29(39)14-36(15-29)27(37)23-10-19(21(31)11-33-23)16-6-7-24(25(9-16)35-12-17-8-18(17)13-35)34(2)28(38)26-20(30)4-3-5-22(26)32/h3-7,9-11,17-18,39H,8,12-15H2,1-2H3. The van der Waals surface area contributed by atoms with Crippen molar-refractivity contribution in [3.63, 3.8) is 0 Å². The third kappa shape index (κ3) is 4.75. The molecule has 3 aliphatic rings. The van der Waals surface area contributed by atoms with Gasteiger partial charge in [0.1, 0.15) is 11.5 Å². The highest BCUT2D eigenvalue weighted by Gasteiger charge is 2.46. The van der Waals surface area contributed by atoms with Gasteiger partial charge in [-0.2, -0.15) is 0 Å². The van der Waals surface area contributed by atoms with Crippen molar-refractivity contribution >= 4 is 46.4 Å². The summed E-state index contributed by atoms with van der Waals surface area (Å²) in [6.07, 6.45) is 2.66. The molecular weight excluding hydrogens is 542 g/mol. The molecule has 2 amide bonds. The first-order chi connectivity index (χ1) is 18.5. The number of carbonyl (C=O) groups is 2. The maximum atomic E-state index is 14.6. The van der Waals surface area contributed by atoms with Crippen molar-refractivity contribution < 1.29 is 19.1 Å². The lowest BCUT2D eigenvalue weighted by atomic mass is 9.96. The molecule has 2 atom stereocenters. The number of nitrogens with zero attached hydrogens (tertiary/aromatic N) is 4. The number of β-amino-alcohol motifs (C(OH)–C–C–N with tert-alkyl or cyclic N) is 1. The van der Waals surface area contributed by atoms with Crippen LogP contribution in [0.25, 0.3) is 11.1 Å². The maximum Gasteiger partial charge on any atom is 0.272 e. The number of fused-ring (bicyclic) bond motifs is 1. The molecule has 1 aliphatic carbocycles. The Bertz CT molecular complexity index is 1480. The number of likely N-dealkylation sites (tertiary alicyclic amines) is 1. The Balaban J connectivity index is 1.37. The van der Waals surface area contributed by atoms with E-state index in [1.807, 2.05) is 18.2 Å². The van der Waals surface area contributed by atoms with E-state index in [1.54, 1.807) is 24.9 Å². The van der Waals surface area contributed by atoms with Gasteiger partial charge in [-0.05, 0) is 61.1 Å². The van der Waals surface area contributed by atoms with Gasteiger partial charge in [0.25, 0.3) is 11.8 Å². The van der Waals surface area contributed by atoms with Gasteiger partial charge >= 0.3 is 0 Å². The lowest BCUT2D eigenvalue weighted by Crippen LogP contribution is -2.61. The van der Waals surface area contributed by atoms with Crippen LogP contribution in [0.3, 0.4) is 0 Å². The van der Waals surface area contributed by atoms with Crippen LogP contribution >= 0.6 is 23.2 Å². The molecule has 2 aliphatic heterocycles. The van der Waals surface area contributed by atoms with Crippen molar-refractivity contribution in [3.8, 4) is 11.1 Å². The van der Waals surface area contributed by atoms with Crippen LogP contribution in [0.15, 0.2) is 48.7 Å². The molecule has 2 aromatic carbocycles. The number of benzene rings is 2. The number of carbonyl (C=O) groups excluding carboxylic acids is 2. The first kappa shape index (κ1) is 26.0. The number of hydrogen-bond acceptors (Lipinski definition) is 5. The smallest absolute Gasteiger partial charge is 0.272 e. The molecule has 0 radical (unpaired) electrons. The van der Waals surface area contributed by atoms with Crippen molar-refractivity contribution in [3.05, 3.63) is 75.8 Å². The topological polar surface area (TPSA) is 77.0 Å². The first-order valence-corrected chi connectivity index (χ1v) is 13.6. The Labute approximate surface area is 235 Å². The second-order valence-corrected chi connectivity index (χ2v) is 11.8. The van der Waals surface area contributed by atoms with Crippen molar-refractivity contribution in [1.29, 1.82) is 0 Å². The zero-order chi connectivity index (χ0) is 27.6. The number of amides is 2. The molecule has 3 heterocycles. The third-order valence-corrected chi connectivity index (χ3v) is 8.49. The summed E-state index contributed by atoms with van der Waals surface area (Å²) < 4.78 is 14.6. The first-order valence-electron chi connectivity index (χ1n) is 12.8. The van der Waals surface area contributed by atoms with Crippen LogP contribution in [-0.2, 0) is 0 Å². The molecule has 1 N–H and O–H groups in total. The Morgan fingerprint density at radius 2 is 1.82 bits per heavy atom. The fourth-order valence-electron chi connectivity index (χ4n) is 5.66. The van der Waals surface area contributed by atoms with E-state index in [2.05, 4.69) is 9.88 Å². The number of rotatable bonds is 5. The van der Waals surface area contributed by atoms with E-state index < -0.39 is 17.3 Å². The van der Waals surface area contributed by atoms with Crippen LogP contribution in [-0.4, -0.2) is 65.6 Å². The number of aromatic nitrogens is 1. The molecule has 10 heteroatoms. The van der Waals surface area contributed by atoms with Crippen LogP contribution < -0.4 is 9.80 Å². The summed E-state index contributed by atoms with van der Waals surface area (Å²) in [7, 11) is 1.61. The summed E-state index contributed by atoms with van der Waals surface area (Å²) in [5.41, 5.74) is 2.01. The molecule has 7 nitrogen and oxygen atoms in total. The molecule has 2 saturated heterocycles. The van der Waals surface area contributed by atoms with Crippen molar-refractivity contribution in [2.24, 2.45) is 11.8 Å². The molecule has 2 unspecified atom stereocenters. The Hall–Kier alpha value is -3.20. The molecule has 1 aromatic heterocycles. The number of hydrogen-bond donors (Lipinski definition) is 1. The summed E-state index contributed by atoms with van der Waals surface area (Å²) in [6, 6.07) is 11.4. The molecule has 0 spiro atoms. The lowest BCUT2D eigenvalue weighted by Gasteiger charge is -2.43. The van der Waals surface area contributed by atoms with Gasteiger partial charge in [-0.25, -0.2) is 9.37 Å². The average molecular weight is 569 g/mol. The van der Waals surface area contributed by atoms with Crippen molar-refractivity contribution in [2.75, 3.05) is 43.0 Å². The van der Waals surface area contributed by atoms with Crippen LogP contribution in [0, 0.1) is 17.7 Å². The summed E-state index contributed by atoms with van der Waals surface area (Å²) >= 11 is 12.8. The van der Waals surface area contributed by atoms with E-state index in [-0.39, 0.29) is 35.3 Å². The second-order valence-electron chi connectivity index (χ2n) is 11.0. The molecule has 39 heavy (non-hydrogen) atoms. The van der Waals surface area contributed by atoms with Crippen LogP contribution in [0.4, 0.5) is 15.8 Å². The second kappa shape index (κ2) is 9.47. The Morgan fingerprint density at radius 3 is 2.49 bits per heavy atom. The van der Waals surface area contributed by atoms with Gasteiger partial charge in [0, 0.05) is 31.9 Å². The van der Waals surface area contributed by atoms with E-state index in [0.717, 1.165) is 24.3 Å². The molecule has 6 rings (SSSR count). The SMILES string of the molecule is CN(C(=O)c1c(F)cccc1Cl)c1ccc(-c2cc(C(=O)N3CC(C)(O)C3)ncc2Cl)cc1N1CC2CC2C1. The molecule has 3 fully saturated rings. The Morgan fingerprint density at radius 1 is 1.10 bits per heavy atom. The summed E-state index contributed by atoms with van der Waals surface area (Å²) in [6.45, 7) is 3.91. The maximum absolute atomic E-state index is 14.6. The average Bonchev–Trinajstić information content (AvgIpc) is 3.50. The monoisotopic (exact) mass is 568 g/mol. The molecule has 1 saturated carbocycles. The zero-order valence-corrected chi connectivity index (χ0v) is 23.0. The zero-order valence-electron chi connectivity index (χ0n) is 21.5. The van der Waals surface area contributed by atoms with Crippen LogP contribution in [0.2, 0.25) is 10.0 Å². The highest BCUT2D eigenvalue weighted by Crippen LogP contribution is 2.49. The minimum Gasteiger partial charge on any atom is -0.386 e. The summed E-state index contributed by atoms with van der Waals surface area (Å²) in [5.74, 6) is -0.235. The highest BCUT2D eigenvalue weighted by molar-refractivity contribution is 6.34. The number of anilines is 2. The minimum atomic E-state index is -0.886. The number of pyridine rings is 1. The van der Waals surface area contributed by atoms with E-state index >= 15 is 0 Å². The Kier molecular flexibility index (Phi) is 6.32. The minimum absolute atomic E-state index is 0.0527. The predicted octanol–water partition coefficient (Wildman–Crippen LogP) is 5.13. The number of piperidine rings is 1. The van der Waals surface area contributed by atoms with Gasteiger partial charge in [-0.1, -0.05) is 35.3 Å². The highest BCUT2D eigenvalue weighted by atomic mass is 35.5. The van der Waals surface area contributed by atoms with E-state index in [0.29, 0.717) is 28.1 Å². The summed E-state index contributed by atoms with van der Waals surface area (Å²) in [5, 5.41) is 10.5. The van der Waals surface area contributed by atoms with Crippen molar-refractivity contribution in [1.82, 2.24) is 9.88 Å². The molecular formula is C29H27Cl2FN4O3. The molecule has 0 bridgehead atoms. The van der Waals surface area contributed by atoms with E-state index in [9.17, 15) is 19.1 Å². The quantitative estimate of drug-likeness (QED) is 0.461. The van der Waals surface area contributed by atoms with Gasteiger partial charge in [0.2, 0.25) is 0 Å². The van der Waals surface area contributed by atoms with Crippen LogP contribution in [0.5, 0.6) is 0 Å². The van der Waals surface area contributed by atoms with Gasteiger partial charge in [-0.15, -0.1) is 0 Å². The van der Waals surface area contributed by atoms with Gasteiger partial charge in [-0.3, -0.25) is 9.59 Å². The largest absolute Gasteiger partial charge is 0.386 e. The fraction of sp³-hybridized carbons (Fsp3) is 0.345. The number of aliphatic hydroxyl groups is 1. The third-order valence-electron chi connectivity index (χ3n) is 7.87.